The Labute approximate surface area is 119 Å². The number of likely N-dealkylation sites (N-methyl/N-ethyl adjacent to an activating group) is 1. The van der Waals surface area contributed by atoms with Gasteiger partial charge in [-0.2, -0.15) is 0 Å². The molecule has 0 amide bonds. The number of hydrogen-bond acceptors (Lipinski definition) is 3. The molecule has 0 unspecified atom stereocenters. The first-order valence-corrected chi connectivity index (χ1v) is 6.90. The van der Waals surface area contributed by atoms with Crippen LogP contribution >= 0.6 is 12.2 Å². The average molecular weight is 279 g/mol. The molecule has 0 saturated carbocycles. The molecule has 4 nitrogen and oxygen atoms in total. The topological polar surface area (TPSA) is 33.2 Å². The molecule has 2 aromatic rings. The lowest BCUT2D eigenvalue weighted by Crippen LogP contribution is -2.26. The molecule has 5 heteroatoms. The van der Waals surface area contributed by atoms with E-state index in [0.717, 1.165) is 36.5 Å². The number of aromatic amines is 1. The van der Waals surface area contributed by atoms with Crippen LogP contribution in [-0.4, -0.2) is 48.3 Å². The highest BCUT2D eigenvalue weighted by Crippen LogP contribution is 2.17. The fourth-order valence-corrected chi connectivity index (χ4v) is 2.47. The Balaban J connectivity index is 2.15. The lowest BCUT2D eigenvalue weighted by atomic mass is 10.2. The van der Waals surface area contributed by atoms with E-state index in [1.165, 1.54) is 11.1 Å². The first-order valence-electron chi connectivity index (χ1n) is 6.49. The number of nitrogens with zero attached hydrogens (tertiary/aromatic N) is 2. The maximum Gasteiger partial charge on any atom is 0.178 e. The third kappa shape index (κ3) is 3.23. The molecule has 0 saturated heterocycles. The van der Waals surface area contributed by atoms with Crippen LogP contribution in [0.15, 0.2) is 18.2 Å². The van der Waals surface area contributed by atoms with Crippen LogP contribution in [0.25, 0.3) is 11.0 Å². The molecule has 19 heavy (non-hydrogen) atoms. The van der Waals surface area contributed by atoms with Crippen molar-refractivity contribution in [1.82, 2.24) is 14.5 Å². The van der Waals surface area contributed by atoms with E-state index in [1.807, 2.05) is 0 Å². The van der Waals surface area contributed by atoms with Gasteiger partial charge in [-0.05, 0) is 37.8 Å². The van der Waals surface area contributed by atoms with Gasteiger partial charge < -0.3 is 19.2 Å². The van der Waals surface area contributed by atoms with Crippen molar-refractivity contribution in [2.75, 3.05) is 33.9 Å². The number of imidazole rings is 1. The molecule has 1 aromatic heterocycles. The molecule has 0 fully saturated rings. The van der Waals surface area contributed by atoms with Crippen molar-refractivity contribution in [3.8, 4) is 0 Å². The van der Waals surface area contributed by atoms with Gasteiger partial charge in [-0.3, -0.25) is 0 Å². The van der Waals surface area contributed by atoms with E-state index in [1.54, 1.807) is 7.11 Å². The van der Waals surface area contributed by atoms with Crippen molar-refractivity contribution in [2.24, 2.45) is 0 Å². The molecular formula is C14H21N3OS. The minimum absolute atomic E-state index is 0.759. The number of para-hydroxylation sites is 1. The largest absolute Gasteiger partial charge is 0.383 e. The van der Waals surface area contributed by atoms with Crippen LogP contribution in [-0.2, 0) is 11.3 Å². The van der Waals surface area contributed by atoms with E-state index in [4.69, 9.17) is 17.0 Å². The number of aromatic nitrogens is 2. The Bertz CT molecular complexity index is 602. The van der Waals surface area contributed by atoms with E-state index in [2.05, 4.69) is 46.6 Å². The monoisotopic (exact) mass is 279 g/mol. The summed E-state index contributed by atoms with van der Waals surface area (Å²) in [4.78, 5) is 5.55. The fourth-order valence-electron chi connectivity index (χ4n) is 2.18. The van der Waals surface area contributed by atoms with Crippen LogP contribution in [0, 0.1) is 11.7 Å². The normalized spacial score (nSPS) is 11.6. The molecule has 0 aliphatic carbocycles. The van der Waals surface area contributed by atoms with Crippen molar-refractivity contribution in [2.45, 2.75) is 13.5 Å². The van der Waals surface area contributed by atoms with Crippen LogP contribution in [0.3, 0.4) is 0 Å². The number of rotatable bonds is 6. The number of H-pyrrole nitrogens is 1. The zero-order chi connectivity index (χ0) is 13.8. The average Bonchev–Trinajstić information content (AvgIpc) is 2.71. The van der Waals surface area contributed by atoms with Crippen LogP contribution < -0.4 is 0 Å². The molecule has 104 valence electrons. The Morgan fingerprint density at radius 3 is 2.89 bits per heavy atom. The van der Waals surface area contributed by atoms with Gasteiger partial charge in [0, 0.05) is 26.7 Å². The summed E-state index contributed by atoms with van der Waals surface area (Å²) in [7, 11) is 3.83. The Morgan fingerprint density at radius 2 is 2.16 bits per heavy atom. The second kappa shape index (κ2) is 6.32. The Kier molecular flexibility index (Phi) is 4.74. The predicted molar refractivity (Wildman–Crippen MR) is 81.2 cm³/mol. The van der Waals surface area contributed by atoms with Gasteiger partial charge in [0.2, 0.25) is 0 Å². The summed E-state index contributed by atoms with van der Waals surface area (Å²) in [5.41, 5.74) is 3.56. The summed E-state index contributed by atoms with van der Waals surface area (Å²) in [6, 6.07) is 6.29. The molecule has 2 rings (SSSR count). The minimum atomic E-state index is 0.759. The van der Waals surface area contributed by atoms with Crippen LogP contribution in [0.1, 0.15) is 5.56 Å². The maximum atomic E-state index is 5.42. The lowest BCUT2D eigenvalue weighted by molar-refractivity contribution is 0.159. The highest BCUT2D eigenvalue weighted by Gasteiger charge is 2.06. The SMILES string of the molecule is COCCN(C)CCn1c(=S)[nH]c2c(C)cccc21. The number of aryl methyl sites for hydroxylation is 1. The smallest absolute Gasteiger partial charge is 0.178 e. The number of benzene rings is 1. The quantitative estimate of drug-likeness (QED) is 0.825. The van der Waals surface area contributed by atoms with E-state index in [-0.39, 0.29) is 0 Å². The Morgan fingerprint density at radius 1 is 1.37 bits per heavy atom. The van der Waals surface area contributed by atoms with E-state index < -0.39 is 0 Å². The van der Waals surface area contributed by atoms with Gasteiger partial charge in [0.15, 0.2) is 4.77 Å². The van der Waals surface area contributed by atoms with Crippen LogP contribution in [0.5, 0.6) is 0 Å². The number of hydrogen-bond donors (Lipinski definition) is 1. The number of fused-ring (bicyclic) bond motifs is 1. The summed E-state index contributed by atoms with van der Waals surface area (Å²) in [5.74, 6) is 0. The molecular weight excluding hydrogens is 258 g/mol. The molecule has 1 aromatic carbocycles. The highest BCUT2D eigenvalue weighted by molar-refractivity contribution is 7.71. The van der Waals surface area contributed by atoms with Crippen molar-refractivity contribution >= 4 is 23.3 Å². The zero-order valence-corrected chi connectivity index (χ0v) is 12.6. The van der Waals surface area contributed by atoms with Gasteiger partial charge in [0.1, 0.15) is 0 Å². The van der Waals surface area contributed by atoms with E-state index >= 15 is 0 Å². The molecule has 1 N–H and O–H groups in total. The number of ether oxygens (including phenoxy) is 1. The fraction of sp³-hybridized carbons (Fsp3) is 0.500. The molecule has 0 aliphatic rings. The van der Waals surface area contributed by atoms with Crippen molar-refractivity contribution in [1.29, 1.82) is 0 Å². The van der Waals surface area contributed by atoms with Crippen LogP contribution in [0.2, 0.25) is 0 Å². The lowest BCUT2D eigenvalue weighted by Gasteiger charge is -2.16. The molecule has 0 spiro atoms. The highest BCUT2D eigenvalue weighted by atomic mass is 32.1. The molecule has 0 radical (unpaired) electrons. The molecule has 0 aliphatic heterocycles. The summed E-state index contributed by atoms with van der Waals surface area (Å²) in [6.45, 7) is 5.64. The molecule has 0 atom stereocenters. The van der Waals surface area contributed by atoms with Gasteiger partial charge in [0.05, 0.1) is 17.6 Å². The van der Waals surface area contributed by atoms with E-state index in [9.17, 15) is 0 Å². The summed E-state index contributed by atoms with van der Waals surface area (Å²) in [6.07, 6.45) is 0. The second-order valence-corrected chi connectivity index (χ2v) is 5.23. The summed E-state index contributed by atoms with van der Waals surface area (Å²) in [5, 5.41) is 0. The second-order valence-electron chi connectivity index (χ2n) is 4.85. The predicted octanol–water partition coefficient (Wildman–Crippen LogP) is 2.59. The Hall–Kier alpha value is -1.17. The van der Waals surface area contributed by atoms with Gasteiger partial charge >= 0.3 is 0 Å². The third-order valence-corrected chi connectivity index (χ3v) is 3.72. The third-order valence-electron chi connectivity index (χ3n) is 3.40. The summed E-state index contributed by atoms with van der Waals surface area (Å²) >= 11 is 5.42. The van der Waals surface area contributed by atoms with Crippen LogP contribution in [0.4, 0.5) is 0 Å². The maximum absolute atomic E-state index is 5.42. The first-order chi connectivity index (χ1) is 9.13. The molecule has 1 heterocycles. The first kappa shape index (κ1) is 14.2. The van der Waals surface area contributed by atoms with Gasteiger partial charge in [-0.15, -0.1) is 0 Å². The molecule has 0 bridgehead atoms. The minimum Gasteiger partial charge on any atom is -0.383 e. The number of methoxy groups -OCH3 is 1. The summed E-state index contributed by atoms with van der Waals surface area (Å²) < 4.78 is 8.05. The standard InChI is InChI=1S/C14H21N3OS/c1-11-5-4-6-12-13(11)15-14(19)17(12)8-7-16(2)9-10-18-3/h4-6H,7-10H2,1-3H3,(H,15,19). The van der Waals surface area contributed by atoms with Crippen molar-refractivity contribution < 1.29 is 4.74 Å². The van der Waals surface area contributed by atoms with Gasteiger partial charge in [-0.25, -0.2) is 0 Å². The number of nitrogens with one attached hydrogen (secondary N) is 1. The van der Waals surface area contributed by atoms with Gasteiger partial charge in [0.25, 0.3) is 0 Å². The van der Waals surface area contributed by atoms with E-state index in [0.29, 0.717) is 0 Å². The zero-order valence-electron chi connectivity index (χ0n) is 11.8. The van der Waals surface area contributed by atoms with Gasteiger partial charge in [-0.1, -0.05) is 12.1 Å². The van der Waals surface area contributed by atoms with Crippen molar-refractivity contribution in [3.63, 3.8) is 0 Å². The van der Waals surface area contributed by atoms with Crippen molar-refractivity contribution in [3.05, 3.63) is 28.5 Å².